The summed E-state index contributed by atoms with van der Waals surface area (Å²) in [5.41, 5.74) is 11.9. The van der Waals surface area contributed by atoms with E-state index in [0.717, 1.165) is 101 Å². The van der Waals surface area contributed by atoms with Crippen LogP contribution >= 0.6 is 34.8 Å². The standard InChI is InChI=1S/C27H33ClN4O2.C20H26ClN3O2.C7H8ClN/c1-27(2,3)31-20-13-15-32(16-14-20)24-21-7-5-6-8-22(21)30-25(23(24)26(33)34-4)29-17-18-9-11-19(28)12-10-18;1-20(2,3)23-13-9-11-24(12-10-13)17-14-7-5-6-8-15(14)22-18(21)16(17)19(25)26-4;8-7-3-1-6(5-9)2-4-7/h5-12,20,31H,13-17H2,1-4H3,(H,29,30);5-8,13,23H,9-12H2,1-4H3;1-4H,5,9H2. The van der Waals surface area contributed by atoms with Gasteiger partial charge in [0.25, 0.3) is 0 Å². The molecule has 6 aromatic rings. The Hall–Kier alpha value is -5.21. The first-order valence-electron chi connectivity index (χ1n) is 23.5. The Morgan fingerprint density at radius 3 is 1.45 bits per heavy atom. The largest absolute Gasteiger partial charge is 0.465 e. The van der Waals surface area contributed by atoms with Gasteiger partial charge in [0.2, 0.25) is 0 Å². The van der Waals surface area contributed by atoms with Gasteiger partial charge < -0.3 is 41.0 Å². The fourth-order valence-electron chi connectivity index (χ4n) is 8.85. The highest BCUT2D eigenvalue weighted by atomic mass is 35.5. The molecule has 0 atom stereocenters. The predicted octanol–water partition coefficient (Wildman–Crippen LogP) is 11.5. The molecule has 2 aliphatic rings. The number of methoxy groups -OCH3 is 2. The lowest BCUT2D eigenvalue weighted by Crippen LogP contribution is -2.49. The van der Waals surface area contributed by atoms with Crippen molar-refractivity contribution >= 4 is 85.7 Å². The number of para-hydroxylation sites is 2. The molecule has 69 heavy (non-hydrogen) atoms. The van der Waals surface area contributed by atoms with Gasteiger partial charge in [0.1, 0.15) is 22.1 Å². The van der Waals surface area contributed by atoms with E-state index in [0.29, 0.717) is 47.1 Å². The molecule has 368 valence electrons. The maximum absolute atomic E-state index is 13.1. The fourth-order valence-corrected chi connectivity index (χ4v) is 9.36. The zero-order valence-electron chi connectivity index (χ0n) is 41.1. The van der Waals surface area contributed by atoms with E-state index in [9.17, 15) is 9.59 Å². The van der Waals surface area contributed by atoms with Crippen molar-refractivity contribution in [2.75, 3.05) is 55.5 Å². The van der Waals surface area contributed by atoms with E-state index in [4.69, 9.17) is 55.0 Å². The number of fused-ring (bicyclic) bond motifs is 2. The monoisotopic (exact) mass is 996 g/mol. The predicted molar refractivity (Wildman–Crippen MR) is 286 cm³/mol. The number of rotatable bonds is 10. The topological polar surface area (TPSA) is 147 Å². The summed E-state index contributed by atoms with van der Waals surface area (Å²) in [4.78, 5) is 39.3. The highest BCUT2D eigenvalue weighted by Crippen LogP contribution is 2.38. The van der Waals surface area contributed by atoms with Gasteiger partial charge in [0, 0.05) is 83.2 Å². The van der Waals surface area contributed by atoms with E-state index >= 15 is 0 Å². The summed E-state index contributed by atoms with van der Waals surface area (Å²) in [5.74, 6) is -0.301. The number of nitrogens with two attached hydrogens (primary N) is 1. The minimum atomic E-state index is -0.446. The molecule has 0 saturated carbocycles. The first-order valence-corrected chi connectivity index (χ1v) is 24.7. The van der Waals surface area contributed by atoms with Crippen molar-refractivity contribution in [3.8, 4) is 0 Å². The Morgan fingerprint density at radius 2 is 1.01 bits per heavy atom. The van der Waals surface area contributed by atoms with Crippen LogP contribution in [-0.2, 0) is 22.6 Å². The average Bonchev–Trinajstić information content (AvgIpc) is 3.32. The van der Waals surface area contributed by atoms with E-state index in [1.54, 1.807) is 0 Å². The number of benzene rings is 4. The van der Waals surface area contributed by atoms with Crippen LogP contribution < -0.4 is 31.5 Å². The SMILES string of the molecule is COC(=O)c1c(Cl)nc2ccccc2c1N1CCC(NC(C)(C)C)CC1.COC(=O)c1c(NCc2ccc(Cl)cc2)nc2ccccc2c1N1CCC(NC(C)(C)C)CC1.NCc1ccc(Cl)cc1. The van der Waals surface area contributed by atoms with Gasteiger partial charge in [0.05, 0.1) is 36.6 Å². The van der Waals surface area contributed by atoms with Crippen LogP contribution in [0.1, 0.15) is 99.1 Å². The van der Waals surface area contributed by atoms with Crippen molar-refractivity contribution in [1.29, 1.82) is 0 Å². The maximum Gasteiger partial charge on any atom is 0.343 e. The van der Waals surface area contributed by atoms with E-state index in [2.05, 4.69) is 72.3 Å². The summed E-state index contributed by atoms with van der Waals surface area (Å²) in [7, 11) is 2.79. The third-order valence-corrected chi connectivity index (χ3v) is 12.7. The molecular weight excluding hydrogens is 931 g/mol. The molecule has 8 rings (SSSR count). The van der Waals surface area contributed by atoms with Crippen molar-refractivity contribution in [2.45, 2.75) is 103 Å². The second-order valence-corrected chi connectivity index (χ2v) is 20.7. The molecule has 0 aliphatic carbocycles. The first kappa shape index (κ1) is 53.1. The normalized spacial score (nSPS) is 14.7. The Balaban J connectivity index is 0.000000196. The van der Waals surface area contributed by atoms with Gasteiger partial charge in [-0.05, 0) is 115 Å². The number of aromatic nitrogens is 2. The van der Waals surface area contributed by atoms with Crippen LogP contribution in [0.2, 0.25) is 15.2 Å². The number of hydrogen-bond acceptors (Lipinski definition) is 12. The van der Waals surface area contributed by atoms with Gasteiger partial charge in [-0.15, -0.1) is 0 Å². The van der Waals surface area contributed by atoms with Gasteiger partial charge in [-0.2, -0.15) is 0 Å². The average molecular weight is 999 g/mol. The molecule has 0 amide bonds. The van der Waals surface area contributed by atoms with Gasteiger partial charge in [-0.1, -0.05) is 95.5 Å². The van der Waals surface area contributed by atoms with Gasteiger partial charge in [-0.3, -0.25) is 0 Å². The summed E-state index contributed by atoms with van der Waals surface area (Å²) in [6, 6.07) is 31.8. The molecular formula is C54H67Cl3N8O4. The lowest BCUT2D eigenvalue weighted by molar-refractivity contribution is 0.0592. The van der Waals surface area contributed by atoms with E-state index in [-0.39, 0.29) is 22.2 Å². The number of carbonyl (C=O) groups excluding carboxylic acids is 2. The summed E-state index contributed by atoms with van der Waals surface area (Å²) < 4.78 is 10.2. The number of hydrogen-bond donors (Lipinski definition) is 4. The molecule has 2 aliphatic heterocycles. The Bertz CT molecular complexity index is 2660. The zero-order chi connectivity index (χ0) is 49.9. The molecule has 2 fully saturated rings. The third kappa shape index (κ3) is 14.7. The summed E-state index contributed by atoms with van der Waals surface area (Å²) >= 11 is 18.0. The van der Waals surface area contributed by atoms with Gasteiger partial charge in [0.15, 0.2) is 0 Å². The molecule has 0 bridgehead atoms. The summed E-state index contributed by atoms with van der Waals surface area (Å²) in [5, 5.41) is 14.3. The quantitative estimate of drug-likeness (QED) is 0.0765. The number of nitrogens with one attached hydrogen (secondary N) is 3. The fraction of sp³-hybridized carbons (Fsp3) is 0.407. The third-order valence-electron chi connectivity index (χ3n) is 11.9. The highest BCUT2D eigenvalue weighted by Gasteiger charge is 2.31. The van der Waals surface area contributed by atoms with Crippen molar-refractivity contribution < 1.29 is 19.1 Å². The van der Waals surface area contributed by atoms with Crippen molar-refractivity contribution in [3.63, 3.8) is 0 Å². The first-order chi connectivity index (χ1) is 32.9. The van der Waals surface area contributed by atoms with Crippen LogP contribution in [0.5, 0.6) is 0 Å². The minimum absolute atomic E-state index is 0.0755. The van der Waals surface area contributed by atoms with Crippen molar-refractivity contribution in [1.82, 2.24) is 20.6 Å². The minimum Gasteiger partial charge on any atom is -0.465 e. The summed E-state index contributed by atoms with van der Waals surface area (Å²) in [6.07, 6.45) is 4.02. The molecule has 0 unspecified atom stereocenters. The molecule has 4 aromatic carbocycles. The van der Waals surface area contributed by atoms with Crippen LogP contribution in [0.25, 0.3) is 21.8 Å². The number of carbonyl (C=O) groups is 2. The number of anilines is 3. The molecule has 0 radical (unpaired) electrons. The van der Waals surface area contributed by atoms with Crippen LogP contribution in [-0.4, -0.2) is 85.5 Å². The zero-order valence-corrected chi connectivity index (χ0v) is 43.4. The molecule has 15 heteroatoms. The van der Waals surface area contributed by atoms with E-state index < -0.39 is 5.97 Å². The number of pyridine rings is 2. The van der Waals surface area contributed by atoms with E-state index in [1.165, 1.54) is 14.2 Å². The van der Waals surface area contributed by atoms with Gasteiger partial charge >= 0.3 is 11.9 Å². The Morgan fingerprint density at radius 1 is 0.609 bits per heavy atom. The number of piperidine rings is 2. The van der Waals surface area contributed by atoms with Gasteiger partial charge in [-0.25, -0.2) is 19.6 Å². The highest BCUT2D eigenvalue weighted by molar-refractivity contribution is 6.34. The molecule has 2 saturated heterocycles. The molecule has 5 N–H and O–H groups in total. The maximum atomic E-state index is 13.1. The number of halogens is 3. The second-order valence-electron chi connectivity index (χ2n) is 19.4. The number of esters is 2. The van der Waals surface area contributed by atoms with Crippen LogP contribution in [0.3, 0.4) is 0 Å². The van der Waals surface area contributed by atoms with Crippen molar-refractivity contribution in [3.05, 3.63) is 135 Å². The number of ether oxygens (including phenoxy) is 2. The Labute approximate surface area is 422 Å². The lowest BCUT2D eigenvalue weighted by atomic mass is 9.98. The molecule has 4 heterocycles. The summed E-state index contributed by atoms with van der Waals surface area (Å²) in [6.45, 7) is 17.6. The molecule has 0 spiro atoms. The smallest absolute Gasteiger partial charge is 0.343 e. The van der Waals surface area contributed by atoms with Crippen LogP contribution in [0, 0.1) is 0 Å². The van der Waals surface area contributed by atoms with E-state index in [1.807, 2.05) is 97.1 Å². The van der Waals surface area contributed by atoms with Crippen molar-refractivity contribution in [2.24, 2.45) is 5.73 Å². The Kier molecular flexibility index (Phi) is 18.5. The number of nitrogens with zero attached hydrogens (tertiary/aromatic N) is 4. The van der Waals surface area contributed by atoms with Crippen LogP contribution in [0.15, 0.2) is 97.1 Å². The molecule has 2 aromatic heterocycles. The lowest BCUT2D eigenvalue weighted by Gasteiger charge is -2.38. The molecule has 12 nitrogen and oxygen atoms in total. The van der Waals surface area contributed by atoms with Crippen LogP contribution in [0.4, 0.5) is 17.2 Å². The second kappa shape index (κ2) is 24.1.